The van der Waals surface area contributed by atoms with Gasteiger partial charge in [-0.15, -0.1) is 0 Å². The molecule has 2 atom stereocenters. The quantitative estimate of drug-likeness (QED) is 0.890. The van der Waals surface area contributed by atoms with E-state index in [1.54, 1.807) is 0 Å². The first kappa shape index (κ1) is 12.9. The number of benzene rings is 1. The zero-order chi connectivity index (χ0) is 12.3. The SMILES string of the molecule is Cc1cc(Cl)ccc1C(N)CCC1CCCO1. The summed E-state index contributed by atoms with van der Waals surface area (Å²) < 4.78 is 5.61. The van der Waals surface area contributed by atoms with Gasteiger partial charge in [0.15, 0.2) is 0 Å². The number of hydrogen-bond acceptors (Lipinski definition) is 2. The van der Waals surface area contributed by atoms with Gasteiger partial charge in [0.25, 0.3) is 0 Å². The van der Waals surface area contributed by atoms with Crippen molar-refractivity contribution < 1.29 is 4.74 Å². The highest BCUT2D eigenvalue weighted by Gasteiger charge is 2.17. The number of aryl methyl sites for hydroxylation is 1. The van der Waals surface area contributed by atoms with Gasteiger partial charge in [0, 0.05) is 17.7 Å². The number of hydrogen-bond donors (Lipinski definition) is 1. The van der Waals surface area contributed by atoms with Gasteiger partial charge >= 0.3 is 0 Å². The average Bonchev–Trinajstić information content (AvgIpc) is 2.78. The molecule has 1 aromatic rings. The molecule has 1 saturated heterocycles. The summed E-state index contributed by atoms with van der Waals surface area (Å²) in [5.41, 5.74) is 8.60. The highest BCUT2D eigenvalue weighted by Crippen LogP contribution is 2.25. The lowest BCUT2D eigenvalue weighted by atomic mass is 9.96. The Kier molecular flexibility index (Phi) is 4.43. The molecule has 1 fully saturated rings. The molecule has 0 amide bonds. The molecule has 1 aliphatic rings. The summed E-state index contributed by atoms with van der Waals surface area (Å²) in [5, 5.41) is 0.776. The molecule has 0 bridgehead atoms. The van der Waals surface area contributed by atoms with E-state index < -0.39 is 0 Å². The zero-order valence-corrected chi connectivity index (χ0v) is 11.0. The maximum atomic E-state index is 6.23. The second kappa shape index (κ2) is 5.85. The van der Waals surface area contributed by atoms with Crippen molar-refractivity contribution in [1.29, 1.82) is 0 Å². The van der Waals surface area contributed by atoms with Crippen LogP contribution < -0.4 is 5.73 Å². The zero-order valence-electron chi connectivity index (χ0n) is 10.3. The van der Waals surface area contributed by atoms with E-state index in [9.17, 15) is 0 Å². The van der Waals surface area contributed by atoms with Crippen molar-refractivity contribution in [2.45, 2.75) is 44.8 Å². The van der Waals surface area contributed by atoms with Crippen LogP contribution in [0, 0.1) is 6.92 Å². The molecule has 0 aliphatic carbocycles. The Morgan fingerprint density at radius 3 is 3.00 bits per heavy atom. The predicted octanol–water partition coefficient (Wildman–Crippen LogP) is 3.61. The van der Waals surface area contributed by atoms with Crippen molar-refractivity contribution in [3.05, 3.63) is 34.3 Å². The Morgan fingerprint density at radius 1 is 1.53 bits per heavy atom. The first-order valence-corrected chi connectivity index (χ1v) is 6.68. The van der Waals surface area contributed by atoms with E-state index in [2.05, 4.69) is 6.92 Å². The Labute approximate surface area is 108 Å². The molecule has 0 saturated carbocycles. The van der Waals surface area contributed by atoms with Crippen LogP contribution in [0.5, 0.6) is 0 Å². The van der Waals surface area contributed by atoms with E-state index in [1.807, 2.05) is 18.2 Å². The van der Waals surface area contributed by atoms with Crippen molar-refractivity contribution in [2.75, 3.05) is 6.61 Å². The van der Waals surface area contributed by atoms with Gasteiger partial charge in [0.05, 0.1) is 6.10 Å². The van der Waals surface area contributed by atoms with Gasteiger partial charge in [0.2, 0.25) is 0 Å². The lowest BCUT2D eigenvalue weighted by Gasteiger charge is -2.17. The van der Waals surface area contributed by atoms with Crippen LogP contribution in [0.25, 0.3) is 0 Å². The smallest absolute Gasteiger partial charge is 0.0576 e. The van der Waals surface area contributed by atoms with Crippen LogP contribution in [0.4, 0.5) is 0 Å². The third-order valence-electron chi connectivity index (χ3n) is 3.45. The predicted molar refractivity (Wildman–Crippen MR) is 71.3 cm³/mol. The fourth-order valence-corrected chi connectivity index (χ4v) is 2.67. The van der Waals surface area contributed by atoms with Crippen LogP contribution in [-0.2, 0) is 4.74 Å². The average molecular weight is 254 g/mol. The Morgan fingerprint density at radius 2 is 2.35 bits per heavy atom. The third-order valence-corrected chi connectivity index (χ3v) is 3.69. The van der Waals surface area contributed by atoms with Gasteiger partial charge in [-0.1, -0.05) is 17.7 Å². The van der Waals surface area contributed by atoms with E-state index in [-0.39, 0.29) is 6.04 Å². The molecule has 2 nitrogen and oxygen atoms in total. The van der Waals surface area contributed by atoms with Crippen molar-refractivity contribution >= 4 is 11.6 Å². The summed E-state index contributed by atoms with van der Waals surface area (Å²) in [4.78, 5) is 0. The van der Waals surface area contributed by atoms with Gasteiger partial charge in [-0.25, -0.2) is 0 Å². The highest BCUT2D eigenvalue weighted by atomic mass is 35.5. The van der Waals surface area contributed by atoms with Gasteiger partial charge < -0.3 is 10.5 Å². The van der Waals surface area contributed by atoms with Crippen molar-refractivity contribution in [3.8, 4) is 0 Å². The number of ether oxygens (including phenoxy) is 1. The minimum atomic E-state index is 0.0940. The van der Waals surface area contributed by atoms with Crippen LogP contribution in [0.1, 0.15) is 42.9 Å². The normalized spacial score (nSPS) is 21.7. The molecule has 1 heterocycles. The molecular weight excluding hydrogens is 234 g/mol. The molecule has 2 rings (SSSR count). The first-order chi connectivity index (χ1) is 8.16. The van der Waals surface area contributed by atoms with E-state index >= 15 is 0 Å². The van der Waals surface area contributed by atoms with Crippen LogP contribution in [0.3, 0.4) is 0 Å². The number of rotatable bonds is 4. The van der Waals surface area contributed by atoms with Crippen LogP contribution in [0.2, 0.25) is 5.02 Å². The molecule has 1 aliphatic heterocycles. The summed E-state index contributed by atoms with van der Waals surface area (Å²) in [6.45, 7) is 2.98. The van der Waals surface area contributed by atoms with Gasteiger partial charge in [-0.2, -0.15) is 0 Å². The molecule has 0 radical (unpaired) electrons. The van der Waals surface area contributed by atoms with Crippen LogP contribution >= 0.6 is 11.6 Å². The van der Waals surface area contributed by atoms with E-state index in [1.165, 1.54) is 24.0 Å². The largest absolute Gasteiger partial charge is 0.378 e. The van der Waals surface area contributed by atoms with Crippen LogP contribution in [-0.4, -0.2) is 12.7 Å². The molecule has 0 aromatic heterocycles. The van der Waals surface area contributed by atoms with E-state index in [4.69, 9.17) is 22.1 Å². The van der Waals surface area contributed by atoms with Gasteiger partial charge in [-0.3, -0.25) is 0 Å². The summed E-state index contributed by atoms with van der Waals surface area (Å²) >= 11 is 5.94. The Bertz CT molecular complexity index is 374. The number of nitrogens with two attached hydrogens (primary N) is 1. The minimum Gasteiger partial charge on any atom is -0.378 e. The lowest BCUT2D eigenvalue weighted by molar-refractivity contribution is 0.101. The molecule has 1 aromatic carbocycles. The third kappa shape index (κ3) is 3.44. The van der Waals surface area contributed by atoms with Gasteiger partial charge in [0.1, 0.15) is 0 Å². The summed E-state index contributed by atoms with van der Waals surface area (Å²) in [6, 6.07) is 6.02. The van der Waals surface area contributed by atoms with Gasteiger partial charge in [-0.05, 0) is 55.9 Å². The molecule has 2 unspecified atom stereocenters. The molecule has 2 N–H and O–H groups in total. The fraction of sp³-hybridized carbons (Fsp3) is 0.571. The molecule has 17 heavy (non-hydrogen) atoms. The van der Waals surface area contributed by atoms with Crippen molar-refractivity contribution in [2.24, 2.45) is 5.73 Å². The highest BCUT2D eigenvalue weighted by molar-refractivity contribution is 6.30. The lowest BCUT2D eigenvalue weighted by Crippen LogP contribution is -2.15. The summed E-state index contributed by atoms with van der Waals surface area (Å²) in [7, 11) is 0. The van der Waals surface area contributed by atoms with Crippen molar-refractivity contribution in [3.63, 3.8) is 0 Å². The topological polar surface area (TPSA) is 35.2 Å². The standard InChI is InChI=1S/C14H20ClNO/c1-10-9-11(15)4-6-13(10)14(16)7-5-12-3-2-8-17-12/h4,6,9,12,14H,2-3,5,7-8,16H2,1H3. The van der Waals surface area contributed by atoms with Crippen molar-refractivity contribution in [1.82, 2.24) is 0 Å². The Hall–Kier alpha value is -0.570. The minimum absolute atomic E-state index is 0.0940. The Balaban J connectivity index is 1.91. The maximum absolute atomic E-state index is 6.23. The molecule has 0 spiro atoms. The van der Waals surface area contributed by atoms with E-state index in [0.29, 0.717) is 6.10 Å². The van der Waals surface area contributed by atoms with E-state index in [0.717, 1.165) is 24.5 Å². The molecule has 3 heteroatoms. The summed E-state index contributed by atoms with van der Waals surface area (Å²) in [5.74, 6) is 0. The molecular formula is C14H20ClNO. The first-order valence-electron chi connectivity index (χ1n) is 6.30. The maximum Gasteiger partial charge on any atom is 0.0576 e. The molecule has 94 valence electrons. The second-order valence-corrected chi connectivity index (χ2v) is 5.26. The second-order valence-electron chi connectivity index (χ2n) is 4.82. The fourth-order valence-electron chi connectivity index (χ4n) is 2.45. The monoisotopic (exact) mass is 253 g/mol. The van der Waals surface area contributed by atoms with Crippen LogP contribution in [0.15, 0.2) is 18.2 Å². The number of halogens is 1. The summed E-state index contributed by atoms with van der Waals surface area (Å²) in [6.07, 6.45) is 4.84.